The Morgan fingerprint density at radius 2 is 2.33 bits per heavy atom. The lowest BCUT2D eigenvalue weighted by molar-refractivity contribution is -0.120. The van der Waals surface area contributed by atoms with Gasteiger partial charge >= 0.3 is 0 Å². The van der Waals surface area contributed by atoms with E-state index in [1.165, 1.54) is 0 Å². The second-order valence-electron chi connectivity index (χ2n) is 1.57. The number of rotatable bonds is 4. The molecule has 0 saturated carbocycles. The minimum absolute atomic E-state index is 0.112. The van der Waals surface area contributed by atoms with Gasteiger partial charge in [0.15, 0.2) is 0 Å². The fourth-order valence-corrected chi connectivity index (χ4v) is 0.410. The molecule has 0 heterocycles. The first-order valence-electron chi connectivity index (χ1n) is 2.78. The highest BCUT2D eigenvalue weighted by atomic mass is 19.1. The summed E-state index contributed by atoms with van der Waals surface area (Å²) >= 11 is 0. The van der Waals surface area contributed by atoms with Crippen molar-refractivity contribution in [2.45, 2.75) is 0 Å². The van der Waals surface area contributed by atoms with E-state index in [2.05, 4.69) is 10.6 Å². The maximum atomic E-state index is 11.4. The summed E-state index contributed by atoms with van der Waals surface area (Å²) < 4.78 is 11.4. The Labute approximate surface area is 53.6 Å². The summed E-state index contributed by atoms with van der Waals surface area (Å²) in [7, 11) is 1.66. The molecule has 0 aromatic carbocycles. The summed E-state index contributed by atoms with van der Waals surface area (Å²) in [6, 6.07) is 0. The highest BCUT2D eigenvalue weighted by Crippen LogP contribution is 1.64. The van der Waals surface area contributed by atoms with Crippen LogP contribution in [0.25, 0.3) is 0 Å². The number of likely N-dealkylation sites (N-methyl/N-ethyl adjacent to an activating group) is 1. The Balaban J connectivity index is 3.06. The van der Waals surface area contributed by atoms with Crippen LogP contribution < -0.4 is 10.6 Å². The molecule has 0 aromatic rings. The van der Waals surface area contributed by atoms with Crippen LogP contribution in [0.2, 0.25) is 0 Å². The molecule has 0 aliphatic rings. The molecule has 0 unspecified atom stereocenters. The highest BCUT2D eigenvalue weighted by Gasteiger charge is 1.94. The largest absolute Gasteiger partial charge is 0.352 e. The molecule has 0 spiro atoms. The van der Waals surface area contributed by atoms with Crippen molar-refractivity contribution in [2.24, 2.45) is 0 Å². The van der Waals surface area contributed by atoms with Crippen LogP contribution in [0.3, 0.4) is 0 Å². The Morgan fingerprint density at radius 1 is 1.67 bits per heavy atom. The van der Waals surface area contributed by atoms with Crippen molar-refractivity contribution >= 4 is 5.91 Å². The Bertz CT molecular complexity index is 87.0. The third-order valence-corrected chi connectivity index (χ3v) is 0.754. The standard InChI is InChI=1S/C5H11FN2O/c1-7-4-5(9)8-3-2-6/h7H,2-4H2,1H3,(H,8,9). The van der Waals surface area contributed by atoms with Crippen molar-refractivity contribution in [3.8, 4) is 0 Å². The lowest BCUT2D eigenvalue weighted by Crippen LogP contribution is -2.33. The number of carbonyl (C=O) groups excluding carboxylic acids is 1. The van der Waals surface area contributed by atoms with E-state index in [1.54, 1.807) is 7.05 Å². The molecule has 0 fully saturated rings. The summed E-state index contributed by atoms with van der Waals surface area (Å²) in [5.41, 5.74) is 0. The molecular weight excluding hydrogens is 123 g/mol. The van der Waals surface area contributed by atoms with Crippen molar-refractivity contribution in [3.05, 3.63) is 0 Å². The maximum absolute atomic E-state index is 11.4. The van der Waals surface area contributed by atoms with Crippen molar-refractivity contribution < 1.29 is 9.18 Å². The van der Waals surface area contributed by atoms with Crippen molar-refractivity contribution in [1.29, 1.82) is 0 Å². The van der Waals surface area contributed by atoms with Crippen LogP contribution in [0.15, 0.2) is 0 Å². The van der Waals surface area contributed by atoms with Gasteiger partial charge in [0.1, 0.15) is 6.67 Å². The van der Waals surface area contributed by atoms with Crippen molar-refractivity contribution in [2.75, 3.05) is 26.8 Å². The molecule has 3 nitrogen and oxygen atoms in total. The van der Waals surface area contributed by atoms with Crippen LogP contribution in [0.4, 0.5) is 4.39 Å². The van der Waals surface area contributed by atoms with E-state index in [-0.39, 0.29) is 19.0 Å². The predicted molar refractivity (Wildman–Crippen MR) is 32.9 cm³/mol. The van der Waals surface area contributed by atoms with Gasteiger partial charge in [-0.05, 0) is 7.05 Å². The summed E-state index contributed by atoms with van der Waals surface area (Å²) in [6.45, 7) is -0.143. The molecule has 1 amide bonds. The topological polar surface area (TPSA) is 41.1 Å². The van der Waals surface area contributed by atoms with Crippen LogP contribution >= 0.6 is 0 Å². The fourth-order valence-electron chi connectivity index (χ4n) is 0.410. The molecule has 0 bridgehead atoms. The number of hydrogen-bond acceptors (Lipinski definition) is 2. The third-order valence-electron chi connectivity index (χ3n) is 0.754. The average molecular weight is 134 g/mol. The van der Waals surface area contributed by atoms with E-state index in [4.69, 9.17) is 0 Å². The predicted octanol–water partition coefficient (Wildman–Crippen LogP) is -0.709. The minimum atomic E-state index is -0.505. The van der Waals surface area contributed by atoms with E-state index in [0.717, 1.165) is 0 Å². The van der Waals surface area contributed by atoms with E-state index >= 15 is 0 Å². The van der Waals surface area contributed by atoms with Gasteiger partial charge in [-0.2, -0.15) is 0 Å². The van der Waals surface area contributed by atoms with E-state index in [1.807, 2.05) is 0 Å². The van der Waals surface area contributed by atoms with Crippen LogP contribution in [-0.2, 0) is 4.79 Å². The Kier molecular flexibility index (Phi) is 5.11. The summed E-state index contributed by atoms with van der Waals surface area (Å²) in [5.74, 6) is -0.171. The number of amides is 1. The molecule has 0 aliphatic carbocycles. The molecule has 2 N–H and O–H groups in total. The molecule has 9 heavy (non-hydrogen) atoms. The summed E-state index contributed by atoms with van der Waals surface area (Å²) in [4.78, 5) is 10.5. The maximum Gasteiger partial charge on any atom is 0.234 e. The van der Waals surface area contributed by atoms with Gasteiger partial charge in [-0.15, -0.1) is 0 Å². The Morgan fingerprint density at radius 3 is 2.78 bits per heavy atom. The smallest absolute Gasteiger partial charge is 0.234 e. The first-order valence-corrected chi connectivity index (χ1v) is 2.78. The van der Waals surface area contributed by atoms with Crippen LogP contribution in [0.1, 0.15) is 0 Å². The lowest BCUT2D eigenvalue weighted by Gasteiger charge is -1.99. The average Bonchev–Trinajstić information content (AvgIpc) is 1.85. The third kappa shape index (κ3) is 5.23. The zero-order chi connectivity index (χ0) is 7.11. The molecule has 4 heteroatoms. The van der Waals surface area contributed by atoms with Gasteiger partial charge in [-0.1, -0.05) is 0 Å². The zero-order valence-electron chi connectivity index (χ0n) is 5.41. The van der Waals surface area contributed by atoms with Gasteiger partial charge in [0.05, 0.1) is 6.54 Å². The number of halogens is 1. The van der Waals surface area contributed by atoms with E-state index < -0.39 is 6.67 Å². The molecule has 0 saturated heterocycles. The van der Waals surface area contributed by atoms with E-state index in [9.17, 15) is 9.18 Å². The van der Waals surface area contributed by atoms with Gasteiger partial charge in [-0.25, -0.2) is 4.39 Å². The fraction of sp³-hybridized carbons (Fsp3) is 0.800. The Hall–Kier alpha value is -0.640. The zero-order valence-corrected chi connectivity index (χ0v) is 5.41. The monoisotopic (exact) mass is 134 g/mol. The highest BCUT2D eigenvalue weighted by molar-refractivity contribution is 5.77. The number of hydrogen-bond donors (Lipinski definition) is 2. The second-order valence-corrected chi connectivity index (χ2v) is 1.57. The molecule has 54 valence electrons. The van der Waals surface area contributed by atoms with Gasteiger partial charge in [-0.3, -0.25) is 4.79 Å². The van der Waals surface area contributed by atoms with Gasteiger partial charge in [0.2, 0.25) is 5.91 Å². The van der Waals surface area contributed by atoms with Crippen molar-refractivity contribution in [1.82, 2.24) is 10.6 Å². The molecule has 0 aromatic heterocycles. The number of carbonyl (C=O) groups is 1. The minimum Gasteiger partial charge on any atom is -0.352 e. The molecule has 0 atom stereocenters. The van der Waals surface area contributed by atoms with Crippen molar-refractivity contribution in [3.63, 3.8) is 0 Å². The first kappa shape index (κ1) is 8.36. The molecule has 0 aliphatic heterocycles. The number of nitrogens with one attached hydrogen (secondary N) is 2. The van der Waals surface area contributed by atoms with Crippen LogP contribution in [-0.4, -0.2) is 32.7 Å². The van der Waals surface area contributed by atoms with Gasteiger partial charge < -0.3 is 10.6 Å². The molecule has 0 rings (SSSR count). The summed E-state index contributed by atoms with van der Waals surface area (Å²) in [5, 5.41) is 5.00. The second kappa shape index (κ2) is 5.50. The lowest BCUT2D eigenvalue weighted by atomic mass is 10.5. The molecular formula is C5H11FN2O. The van der Waals surface area contributed by atoms with Crippen LogP contribution in [0.5, 0.6) is 0 Å². The number of alkyl halides is 1. The SMILES string of the molecule is CNCC(=O)NCCF. The molecule has 0 radical (unpaired) electrons. The van der Waals surface area contributed by atoms with Gasteiger partial charge in [0.25, 0.3) is 0 Å². The quantitative estimate of drug-likeness (QED) is 0.533. The summed E-state index contributed by atoms with van der Waals surface area (Å²) in [6.07, 6.45) is 0. The van der Waals surface area contributed by atoms with Gasteiger partial charge in [0, 0.05) is 6.54 Å². The first-order chi connectivity index (χ1) is 4.31. The van der Waals surface area contributed by atoms with Crippen LogP contribution in [0, 0.1) is 0 Å². The van der Waals surface area contributed by atoms with E-state index in [0.29, 0.717) is 0 Å². The normalized spacial score (nSPS) is 9.11.